The van der Waals surface area contributed by atoms with Gasteiger partial charge in [0.05, 0.1) is 12.1 Å². The first-order valence-corrected chi connectivity index (χ1v) is 7.43. The molecule has 1 saturated carbocycles. The highest BCUT2D eigenvalue weighted by atomic mass is 16.3. The van der Waals surface area contributed by atoms with Crippen LogP contribution in [-0.2, 0) is 4.79 Å². The lowest BCUT2D eigenvalue weighted by Crippen LogP contribution is -2.49. The minimum absolute atomic E-state index is 0.189. The number of carbonyl (C=O) groups excluding carboxylic acids is 1. The molecule has 0 radical (unpaired) electrons. The van der Waals surface area contributed by atoms with Crippen LogP contribution in [-0.4, -0.2) is 58.6 Å². The second kappa shape index (κ2) is 6.71. The minimum atomic E-state index is -0.759. The summed E-state index contributed by atoms with van der Waals surface area (Å²) in [6, 6.07) is 0.675. The van der Waals surface area contributed by atoms with Crippen molar-refractivity contribution in [1.29, 1.82) is 0 Å². The lowest BCUT2D eigenvalue weighted by Gasteiger charge is -2.35. The molecule has 0 heterocycles. The third-order valence-electron chi connectivity index (χ3n) is 3.62. The molecule has 0 aromatic carbocycles. The van der Waals surface area contributed by atoms with Crippen molar-refractivity contribution in [3.8, 4) is 0 Å². The Kier molecular flexibility index (Phi) is 5.81. The number of rotatable bonds is 6. The molecule has 1 N–H and O–H groups in total. The maximum atomic E-state index is 12.5. The van der Waals surface area contributed by atoms with E-state index < -0.39 is 5.60 Å². The molecule has 1 fully saturated rings. The summed E-state index contributed by atoms with van der Waals surface area (Å²) in [7, 11) is 1.89. The molecule has 0 aromatic rings. The van der Waals surface area contributed by atoms with Gasteiger partial charge in [-0.25, -0.2) is 0 Å². The Balaban J connectivity index is 2.57. The van der Waals surface area contributed by atoms with Gasteiger partial charge in [-0.15, -0.1) is 0 Å². The topological polar surface area (TPSA) is 43.8 Å². The molecule has 1 aliphatic rings. The standard InChI is InChI=1S/C15H30N2O2/c1-12(2)17(13-8-6-7-9-13)14(18)10-16(5)11-15(3,4)19/h12-13,19H,6-11H2,1-5H3. The van der Waals surface area contributed by atoms with Crippen LogP contribution in [0.3, 0.4) is 0 Å². The van der Waals surface area contributed by atoms with Crippen LogP contribution in [0, 0.1) is 0 Å². The molecule has 0 aromatic heterocycles. The van der Waals surface area contributed by atoms with E-state index in [1.807, 2.05) is 16.8 Å². The number of hydrogen-bond donors (Lipinski definition) is 1. The SMILES string of the molecule is CC(C)N(C(=O)CN(C)CC(C)(C)O)C1CCCC1. The number of hydrogen-bond acceptors (Lipinski definition) is 3. The predicted octanol–water partition coefficient (Wildman–Crippen LogP) is 1.87. The van der Waals surface area contributed by atoms with Crippen molar-refractivity contribution in [3.05, 3.63) is 0 Å². The molecule has 0 atom stereocenters. The lowest BCUT2D eigenvalue weighted by atomic mass is 10.1. The van der Waals surface area contributed by atoms with Gasteiger partial charge in [-0.1, -0.05) is 12.8 Å². The molecular weight excluding hydrogens is 240 g/mol. The zero-order valence-electron chi connectivity index (χ0n) is 13.1. The number of nitrogens with zero attached hydrogens (tertiary/aromatic N) is 2. The highest BCUT2D eigenvalue weighted by Crippen LogP contribution is 2.25. The number of likely N-dealkylation sites (N-methyl/N-ethyl adjacent to an activating group) is 1. The fraction of sp³-hybridized carbons (Fsp3) is 0.933. The first-order chi connectivity index (χ1) is 8.70. The zero-order chi connectivity index (χ0) is 14.6. The molecule has 0 bridgehead atoms. The quantitative estimate of drug-likeness (QED) is 0.801. The molecule has 1 rings (SSSR count). The maximum absolute atomic E-state index is 12.5. The van der Waals surface area contributed by atoms with Crippen LogP contribution >= 0.6 is 0 Å². The molecule has 4 nitrogen and oxygen atoms in total. The van der Waals surface area contributed by atoms with E-state index in [1.54, 1.807) is 13.8 Å². The summed E-state index contributed by atoms with van der Waals surface area (Å²) in [5, 5.41) is 9.79. The Bertz CT molecular complexity index is 291. The number of amides is 1. The van der Waals surface area contributed by atoms with E-state index in [1.165, 1.54) is 12.8 Å². The molecule has 0 saturated heterocycles. The Labute approximate surface area is 117 Å². The van der Waals surface area contributed by atoms with Crippen molar-refractivity contribution in [3.63, 3.8) is 0 Å². The molecule has 0 spiro atoms. The van der Waals surface area contributed by atoms with Gasteiger partial charge in [0.15, 0.2) is 0 Å². The molecule has 1 amide bonds. The van der Waals surface area contributed by atoms with Gasteiger partial charge in [0.25, 0.3) is 0 Å². The van der Waals surface area contributed by atoms with Gasteiger partial charge in [-0.05, 0) is 47.6 Å². The minimum Gasteiger partial charge on any atom is -0.389 e. The van der Waals surface area contributed by atoms with E-state index >= 15 is 0 Å². The molecular formula is C15H30N2O2. The monoisotopic (exact) mass is 270 g/mol. The van der Waals surface area contributed by atoms with Crippen LogP contribution in [0.5, 0.6) is 0 Å². The Morgan fingerprint density at radius 3 is 2.26 bits per heavy atom. The van der Waals surface area contributed by atoms with Crippen LogP contribution in [0.25, 0.3) is 0 Å². The summed E-state index contributed by atoms with van der Waals surface area (Å²) < 4.78 is 0. The number of aliphatic hydroxyl groups is 1. The van der Waals surface area contributed by atoms with Gasteiger partial charge >= 0.3 is 0 Å². The zero-order valence-corrected chi connectivity index (χ0v) is 13.1. The van der Waals surface area contributed by atoms with Gasteiger partial charge in [-0.2, -0.15) is 0 Å². The Hall–Kier alpha value is -0.610. The van der Waals surface area contributed by atoms with Crippen LogP contribution in [0.2, 0.25) is 0 Å². The lowest BCUT2D eigenvalue weighted by molar-refractivity contribution is -0.136. The normalized spacial score (nSPS) is 17.5. The van der Waals surface area contributed by atoms with Crippen molar-refractivity contribution in [2.24, 2.45) is 0 Å². The van der Waals surface area contributed by atoms with Gasteiger partial charge < -0.3 is 10.0 Å². The van der Waals surface area contributed by atoms with Gasteiger partial charge in [0.2, 0.25) is 5.91 Å². The molecule has 1 aliphatic carbocycles. The summed E-state index contributed by atoms with van der Waals surface area (Å²) in [6.07, 6.45) is 4.75. The molecule has 0 aliphatic heterocycles. The van der Waals surface area contributed by atoms with Crippen molar-refractivity contribution in [2.45, 2.75) is 71.1 Å². The predicted molar refractivity (Wildman–Crippen MR) is 78.0 cm³/mol. The summed E-state index contributed by atoms with van der Waals surface area (Å²) in [5.41, 5.74) is -0.759. The average molecular weight is 270 g/mol. The van der Waals surface area contributed by atoms with E-state index in [4.69, 9.17) is 0 Å². The summed E-state index contributed by atoms with van der Waals surface area (Å²) in [5.74, 6) is 0.189. The highest BCUT2D eigenvalue weighted by Gasteiger charge is 2.29. The van der Waals surface area contributed by atoms with E-state index in [0.717, 1.165) is 12.8 Å². The highest BCUT2D eigenvalue weighted by molar-refractivity contribution is 5.79. The van der Waals surface area contributed by atoms with Crippen LogP contribution in [0.15, 0.2) is 0 Å². The summed E-state index contributed by atoms with van der Waals surface area (Å²) in [6.45, 7) is 8.61. The maximum Gasteiger partial charge on any atom is 0.237 e. The Morgan fingerprint density at radius 2 is 1.84 bits per heavy atom. The fourth-order valence-corrected chi connectivity index (χ4v) is 3.12. The largest absolute Gasteiger partial charge is 0.389 e. The van der Waals surface area contributed by atoms with Crippen molar-refractivity contribution in [1.82, 2.24) is 9.80 Å². The van der Waals surface area contributed by atoms with Gasteiger partial charge in [-0.3, -0.25) is 9.69 Å². The summed E-state index contributed by atoms with van der Waals surface area (Å²) >= 11 is 0. The smallest absolute Gasteiger partial charge is 0.237 e. The van der Waals surface area contributed by atoms with E-state index in [-0.39, 0.29) is 11.9 Å². The first kappa shape index (κ1) is 16.4. The number of carbonyl (C=O) groups is 1. The Morgan fingerprint density at radius 1 is 1.32 bits per heavy atom. The van der Waals surface area contributed by atoms with Crippen LogP contribution in [0.4, 0.5) is 0 Å². The average Bonchev–Trinajstić information content (AvgIpc) is 2.66. The van der Waals surface area contributed by atoms with Crippen molar-refractivity contribution in [2.75, 3.05) is 20.1 Å². The van der Waals surface area contributed by atoms with Crippen molar-refractivity contribution < 1.29 is 9.90 Å². The molecule has 19 heavy (non-hydrogen) atoms. The second-order valence-electron chi connectivity index (χ2n) is 6.82. The molecule has 0 unspecified atom stereocenters. The molecule has 112 valence electrons. The van der Waals surface area contributed by atoms with E-state index in [0.29, 0.717) is 19.1 Å². The van der Waals surface area contributed by atoms with E-state index in [9.17, 15) is 9.90 Å². The second-order valence-corrected chi connectivity index (χ2v) is 6.82. The third kappa shape index (κ3) is 5.49. The molecule has 4 heteroatoms. The van der Waals surface area contributed by atoms with Crippen LogP contribution in [0.1, 0.15) is 53.4 Å². The third-order valence-corrected chi connectivity index (χ3v) is 3.62. The van der Waals surface area contributed by atoms with E-state index in [2.05, 4.69) is 13.8 Å². The van der Waals surface area contributed by atoms with Gasteiger partial charge in [0, 0.05) is 18.6 Å². The fourth-order valence-electron chi connectivity index (χ4n) is 3.12. The van der Waals surface area contributed by atoms with Gasteiger partial charge in [0.1, 0.15) is 0 Å². The summed E-state index contributed by atoms with van der Waals surface area (Å²) in [4.78, 5) is 16.4. The first-order valence-electron chi connectivity index (χ1n) is 7.43. The van der Waals surface area contributed by atoms with Crippen LogP contribution < -0.4 is 0 Å². The van der Waals surface area contributed by atoms with Crippen molar-refractivity contribution >= 4 is 5.91 Å².